The van der Waals surface area contributed by atoms with Gasteiger partial charge < -0.3 is 5.32 Å². The lowest BCUT2D eigenvalue weighted by molar-refractivity contribution is 0.490. The van der Waals surface area contributed by atoms with Crippen LogP contribution in [0.5, 0.6) is 0 Å². The van der Waals surface area contributed by atoms with Crippen LogP contribution in [0.4, 0.5) is 0 Å². The molecule has 0 saturated heterocycles. The highest BCUT2D eigenvalue weighted by Crippen LogP contribution is 2.11. The molecular formula is C13H25N3. The fourth-order valence-electron chi connectivity index (χ4n) is 2.01. The fourth-order valence-corrected chi connectivity index (χ4v) is 2.01. The summed E-state index contributed by atoms with van der Waals surface area (Å²) >= 11 is 0. The minimum absolute atomic E-state index is 0.732. The molecule has 1 N–H and O–H groups in total. The van der Waals surface area contributed by atoms with E-state index in [1.165, 1.54) is 17.8 Å². The van der Waals surface area contributed by atoms with Crippen LogP contribution in [-0.4, -0.2) is 23.4 Å². The van der Waals surface area contributed by atoms with E-state index in [4.69, 9.17) is 0 Å². The van der Waals surface area contributed by atoms with Gasteiger partial charge in [0, 0.05) is 12.2 Å². The van der Waals surface area contributed by atoms with Gasteiger partial charge >= 0.3 is 0 Å². The number of hydrogen-bond donors (Lipinski definition) is 1. The summed E-state index contributed by atoms with van der Waals surface area (Å²) < 4.78 is 2.14. The summed E-state index contributed by atoms with van der Waals surface area (Å²) in [6, 6.07) is 2.26. The normalized spacial score (nSPS) is 13.0. The zero-order chi connectivity index (χ0) is 12.0. The summed E-state index contributed by atoms with van der Waals surface area (Å²) in [7, 11) is 2.02. The van der Waals surface area contributed by atoms with Crippen LogP contribution >= 0.6 is 0 Å². The Morgan fingerprint density at radius 2 is 2.19 bits per heavy atom. The second-order valence-electron chi connectivity index (χ2n) is 4.50. The number of nitrogens with one attached hydrogen (secondary N) is 1. The second kappa shape index (κ2) is 6.69. The van der Waals surface area contributed by atoms with Crippen molar-refractivity contribution in [1.29, 1.82) is 0 Å². The standard InChI is InChI=1S/C13H25N3/c1-5-12-9-13(16(6-2)15-12)8-7-11(3)10-14-4/h9,11,14H,5-8,10H2,1-4H3. The second-order valence-corrected chi connectivity index (χ2v) is 4.50. The topological polar surface area (TPSA) is 29.9 Å². The van der Waals surface area contributed by atoms with Gasteiger partial charge in [0.2, 0.25) is 0 Å². The van der Waals surface area contributed by atoms with E-state index in [9.17, 15) is 0 Å². The predicted molar refractivity (Wildman–Crippen MR) is 68.7 cm³/mol. The highest BCUT2D eigenvalue weighted by molar-refractivity contribution is 5.10. The molecule has 0 amide bonds. The number of aromatic nitrogens is 2. The van der Waals surface area contributed by atoms with Crippen molar-refractivity contribution in [3.63, 3.8) is 0 Å². The van der Waals surface area contributed by atoms with E-state index < -0.39 is 0 Å². The monoisotopic (exact) mass is 223 g/mol. The van der Waals surface area contributed by atoms with E-state index in [0.717, 1.165) is 31.8 Å². The van der Waals surface area contributed by atoms with Crippen molar-refractivity contribution in [2.24, 2.45) is 5.92 Å². The summed E-state index contributed by atoms with van der Waals surface area (Å²) in [5.74, 6) is 0.732. The third-order valence-electron chi connectivity index (χ3n) is 3.02. The number of aryl methyl sites for hydroxylation is 3. The van der Waals surface area contributed by atoms with Gasteiger partial charge in [-0.3, -0.25) is 4.68 Å². The van der Waals surface area contributed by atoms with Crippen LogP contribution in [0, 0.1) is 5.92 Å². The molecule has 0 fully saturated rings. The highest BCUT2D eigenvalue weighted by atomic mass is 15.3. The van der Waals surface area contributed by atoms with E-state index in [1.54, 1.807) is 0 Å². The van der Waals surface area contributed by atoms with Crippen molar-refractivity contribution >= 4 is 0 Å². The predicted octanol–water partition coefficient (Wildman–Crippen LogP) is 2.25. The highest BCUT2D eigenvalue weighted by Gasteiger charge is 2.07. The van der Waals surface area contributed by atoms with Gasteiger partial charge in [0.15, 0.2) is 0 Å². The Bertz CT molecular complexity index is 304. The van der Waals surface area contributed by atoms with Crippen molar-refractivity contribution in [3.05, 3.63) is 17.5 Å². The number of hydrogen-bond acceptors (Lipinski definition) is 2. The molecule has 0 saturated carbocycles. The molecule has 1 heterocycles. The Kier molecular flexibility index (Phi) is 5.53. The van der Waals surface area contributed by atoms with Gasteiger partial charge in [-0.15, -0.1) is 0 Å². The largest absolute Gasteiger partial charge is 0.319 e. The minimum Gasteiger partial charge on any atom is -0.319 e. The molecule has 1 aromatic heterocycles. The van der Waals surface area contributed by atoms with Gasteiger partial charge in [0.25, 0.3) is 0 Å². The van der Waals surface area contributed by atoms with Crippen molar-refractivity contribution in [2.75, 3.05) is 13.6 Å². The summed E-state index contributed by atoms with van der Waals surface area (Å²) in [5.41, 5.74) is 2.61. The number of rotatable bonds is 7. The third-order valence-corrected chi connectivity index (χ3v) is 3.02. The third kappa shape index (κ3) is 3.63. The first-order valence-corrected chi connectivity index (χ1v) is 6.41. The molecule has 1 atom stereocenters. The lowest BCUT2D eigenvalue weighted by Crippen LogP contribution is -2.17. The molecule has 0 aliphatic rings. The average molecular weight is 223 g/mol. The minimum atomic E-state index is 0.732. The van der Waals surface area contributed by atoms with Crippen LogP contribution in [0.2, 0.25) is 0 Å². The van der Waals surface area contributed by atoms with Gasteiger partial charge in [-0.1, -0.05) is 13.8 Å². The van der Waals surface area contributed by atoms with E-state index in [-0.39, 0.29) is 0 Å². The first-order chi connectivity index (χ1) is 7.71. The molecule has 0 aromatic carbocycles. The molecule has 3 heteroatoms. The van der Waals surface area contributed by atoms with Crippen LogP contribution < -0.4 is 5.32 Å². The summed E-state index contributed by atoms with van der Waals surface area (Å²) in [6.07, 6.45) is 3.41. The van der Waals surface area contributed by atoms with Crippen molar-refractivity contribution in [1.82, 2.24) is 15.1 Å². The van der Waals surface area contributed by atoms with Crippen LogP contribution in [0.25, 0.3) is 0 Å². The quantitative estimate of drug-likeness (QED) is 0.768. The zero-order valence-corrected chi connectivity index (χ0v) is 11.1. The Morgan fingerprint density at radius 3 is 2.75 bits per heavy atom. The first-order valence-electron chi connectivity index (χ1n) is 6.41. The summed E-state index contributed by atoms with van der Waals surface area (Å²) in [5, 5.41) is 7.80. The lowest BCUT2D eigenvalue weighted by Gasteiger charge is -2.10. The van der Waals surface area contributed by atoms with E-state index in [0.29, 0.717) is 0 Å². The maximum atomic E-state index is 4.57. The zero-order valence-electron chi connectivity index (χ0n) is 11.1. The maximum Gasteiger partial charge on any atom is 0.0624 e. The van der Waals surface area contributed by atoms with Crippen LogP contribution in [-0.2, 0) is 19.4 Å². The van der Waals surface area contributed by atoms with Crippen molar-refractivity contribution in [3.8, 4) is 0 Å². The van der Waals surface area contributed by atoms with Gasteiger partial charge in [-0.25, -0.2) is 0 Å². The molecule has 1 unspecified atom stereocenters. The molecule has 0 spiro atoms. The van der Waals surface area contributed by atoms with E-state index in [2.05, 4.69) is 41.9 Å². The number of nitrogens with zero attached hydrogens (tertiary/aromatic N) is 2. The van der Waals surface area contributed by atoms with E-state index in [1.807, 2.05) is 7.05 Å². The summed E-state index contributed by atoms with van der Waals surface area (Å²) in [6.45, 7) is 8.70. The molecule has 1 aromatic rings. The smallest absolute Gasteiger partial charge is 0.0624 e. The van der Waals surface area contributed by atoms with Crippen LogP contribution in [0.1, 0.15) is 38.6 Å². The summed E-state index contributed by atoms with van der Waals surface area (Å²) in [4.78, 5) is 0. The molecule has 16 heavy (non-hydrogen) atoms. The average Bonchev–Trinajstić information content (AvgIpc) is 2.69. The fraction of sp³-hybridized carbons (Fsp3) is 0.769. The molecular weight excluding hydrogens is 198 g/mol. The Balaban J connectivity index is 2.54. The SMILES string of the molecule is CCc1cc(CCC(C)CNC)n(CC)n1. The van der Waals surface area contributed by atoms with Gasteiger partial charge in [0.1, 0.15) is 0 Å². The molecule has 3 nitrogen and oxygen atoms in total. The first kappa shape index (κ1) is 13.2. The van der Waals surface area contributed by atoms with Crippen molar-refractivity contribution < 1.29 is 0 Å². The molecule has 0 bridgehead atoms. The Hall–Kier alpha value is -0.830. The van der Waals surface area contributed by atoms with Gasteiger partial charge in [-0.2, -0.15) is 5.10 Å². The van der Waals surface area contributed by atoms with Crippen LogP contribution in [0.3, 0.4) is 0 Å². The van der Waals surface area contributed by atoms with E-state index >= 15 is 0 Å². The van der Waals surface area contributed by atoms with Gasteiger partial charge in [0.05, 0.1) is 5.69 Å². The van der Waals surface area contributed by atoms with Crippen molar-refractivity contribution in [2.45, 2.75) is 46.6 Å². The van der Waals surface area contributed by atoms with Gasteiger partial charge in [-0.05, 0) is 51.8 Å². The Labute approximate surface area is 99.2 Å². The lowest BCUT2D eigenvalue weighted by atomic mass is 10.0. The molecule has 0 aliphatic carbocycles. The Morgan fingerprint density at radius 1 is 1.44 bits per heavy atom. The molecule has 0 aliphatic heterocycles. The van der Waals surface area contributed by atoms with Crippen LogP contribution in [0.15, 0.2) is 6.07 Å². The maximum absolute atomic E-state index is 4.57. The molecule has 0 radical (unpaired) electrons. The molecule has 92 valence electrons. The molecule has 1 rings (SSSR count).